The molecule has 2 saturated heterocycles. The monoisotopic (exact) mass is 357 g/mol. The quantitative estimate of drug-likeness (QED) is 0.834. The normalized spacial score (nSPS) is 24.2. The molecule has 0 bridgehead atoms. The van der Waals surface area contributed by atoms with Crippen LogP contribution in [-0.2, 0) is 16.1 Å². The number of nitrogens with zero attached hydrogens (tertiary/aromatic N) is 3. The molecule has 2 fully saturated rings. The van der Waals surface area contributed by atoms with Crippen LogP contribution in [0.5, 0.6) is 0 Å². The largest absolute Gasteiger partial charge is 0.342 e. The number of carbonyl (C=O) groups is 2. The molecular weight excluding hydrogens is 326 g/mol. The molecule has 0 N–H and O–H groups in total. The first-order chi connectivity index (χ1) is 12.3. The maximum absolute atomic E-state index is 12.7. The summed E-state index contributed by atoms with van der Waals surface area (Å²) >= 11 is 0. The van der Waals surface area contributed by atoms with E-state index in [1.54, 1.807) is 12.4 Å². The van der Waals surface area contributed by atoms with Gasteiger partial charge in [-0.2, -0.15) is 0 Å². The van der Waals surface area contributed by atoms with Crippen molar-refractivity contribution in [1.82, 2.24) is 14.8 Å². The number of likely N-dealkylation sites (tertiary alicyclic amines) is 2. The second-order valence-corrected chi connectivity index (χ2v) is 9.26. The molecule has 3 rings (SSSR count). The topological polar surface area (TPSA) is 53.5 Å². The van der Waals surface area contributed by atoms with Crippen LogP contribution in [0, 0.1) is 10.8 Å². The Bertz CT molecular complexity index is 653. The summed E-state index contributed by atoms with van der Waals surface area (Å²) in [6, 6.07) is 3.93. The van der Waals surface area contributed by atoms with Gasteiger partial charge in [0.1, 0.15) is 0 Å². The Balaban J connectivity index is 1.68. The van der Waals surface area contributed by atoms with Crippen LogP contribution in [0.1, 0.15) is 58.4 Å². The molecule has 2 aliphatic rings. The maximum atomic E-state index is 12.7. The molecule has 2 aliphatic heterocycles. The SMILES string of the molecule is CC(C)(C)CC(=O)N1CCC[C@@]2(CCC(=O)N(Cc3ccncc3)C2)C1. The molecule has 2 amide bonds. The smallest absolute Gasteiger partial charge is 0.223 e. The van der Waals surface area contributed by atoms with Gasteiger partial charge >= 0.3 is 0 Å². The molecule has 142 valence electrons. The lowest BCUT2D eigenvalue weighted by atomic mass is 9.73. The van der Waals surface area contributed by atoms with Crippen molar-refractivity contribution in [3.05, 3.63) is 30.1 Å². The highest BCUT2D eigenvalue weighted by molar-refractivity contribution is 5.78. The van der Waals surface area contributed by atoms with Gasteiger partial charge in [-0.1, -0.05) is 20.8 Å². The summed E-state index contributed by atoms with van der Waals surface area (Å²) in [4.78, 5) is 33.3. The van der Waals surface area contributed by atoms with Gasteiger partial charge in [0, 0.05) is 56.8 Å². The predicted octanol–water partition coefficient (Wildman–Crippen LogP) is 3.25. The van der Waals surface area contributed by atoms with Crippen LogP contribution in [0.25, 0.3) is 0 Å². The lowest BCUT2D eigenvalue weighted by molar-refractivity contribution is -0.144. The molecule has 0 aromatic carbocycles. The second-order valence-electron chi connectivity index (χ2n) is 9.26. The molecule has 0 aliphatic carbocycles. The van der Waals surface area contributed by atoms with Gasteiger partial charge < -0.3 is 9.80 Å². The fourth-order valence-corrected chi connectivity index (χ4v) is 4.27. The molecule has 3 heterocycles. The van der Waals surface area contributed by atoms with E-state index in [9.17, 15) is 9.59 Å². The van der Waals surface area contributed by atoms with Crippen molar-refractivity contribution < 1.29 is 9.59 Å². The number of hydrogen-bond acceptors (Lipinski definition) is 3. The summed E-state index contributed by atoms with van der Waals surface area (Å²) in [6.07, 6.45) is 7.76. The van der Waals surface area contributed by atoms with Gasteiger partial charge in [0.25, 0.3) is 0 Å². The first-order valence-electron chi connectivity index (χ1n) is 9.71. The highest BCUT2D eigenvalue weighted by atomic mass is 16.2. The van der Waals surface area contributed by atoms with E-state index in [1.165, 1.54) is 0 Å². The number of pyridine rings is 1. The fraction of sp³-hybridized carbons (Fsp3) is 0.667. The Labute approximate surface area is 156 Å². The first-order valence-corrected chi connectivity index (χ1v) is 9.71. The van der Waals surface area contributed by atoms with Crippen LogP contribution in [0.4, 0.5) is 0 Å². The van der Waals surface area contributed by atoms with Crippen LogP contribution in [0.15, 0.2) is 24.5 Å². The molecule has 5 nitrogen and oxygen atoms in total. The van der Waals surface area contributed by atoms with Crippen LogP contribution in [-0.4, -0.2) is 46.2 Å². The van der Waals surface area contributed by atoms with Crippen LogP contribution < -0.4 is 0 Å². The number of hydrogen-bond donors (Lipinski definition) is 0. The summed E-state index contributed by atoms with van der Waals surface area (Å²) in [5.41, 5.74) is 1.19. The predicted molar refractivity (Wildman–Crippen MR) is 101 cm³/mol. The number of carbonyl (C=O) groups excluding carboxylic acids is 2. The summed E-state index contributed by atoms with van der Waals surface area (Å²) in [6.45, 7) is 9.38. The lowest BCUT2D eigenvalue weighted by Gasteiger charge is -2.48. The highest BCUT2D eigenvalue weighted by Gasteiger charge is 2.42. The minimum Gasteiger partial charge on any atom is -0.342 e. The molecule has 0 radical (unpaired) electrons. The number of piperidine rings is 2. The Kier molecular flexibility index (Phi) is 5.35. The zero-order valence-electron chi connectivity index (χ0n) is 16.3. The van der Waals surface area contributed by atoms with Crippen LogP contribution >= 0.6 is 0 Å². The van der Waals surface area contributed by atoms with E-state index < -0.39 is 0 Å². The summed E-state index contributed by atoms with van der Waals surface area (Å²) in [5.74, 6) is 0.486. The molecule has 1 aromatic rings. The van der Waals surface area contributed by atoms with E-state index in [-0.39, 0.29) is 22.6 Å². The zero-order valence-corrected chi connectivity index (χ0v) is 16.3. The summed E-state index contributed by atoms with van der Waals surface area (Å²) < 4.78 is 0. The van der Waals surface area contributed by atoms with E-state index in [1.807, 2.05) is 17.0 Å². The van der Waals surface area contributed by atoms with Crippen LogP contribution in [0.3, 0.4) is 0 Å². The van der Waals surface area contributed by atoms with Gasteiger partial charge in [0.15, 0.2) is 0 Å². The minimum atomic E-state index is 0.0115. The molecule has 1 atom stereocenters. The third-order valence-corrected chi connectivity index (χ3v) is 5.57. The van der Waals surface area contributed by atoms with E-state index >= 15 is 0 Å². The Morgan fingerprint density at radius 3 is 2.62 bits per heavy atom. The number of amides is 2. The minimum absolute atomic E-state index is 0.0115. The van der Waals surface area contributed by atoms with E-state index in [0.29, 0.717) is 19.4 Å². The van der Waals surface area contributed by atoms with Crippen molar-refractivity contribution in [2.45, 2.75) is 59.4 Å². The van der Waals surface area contributed by atoms with Gasteiger partial charge in [0.2, 0.25) is 11.8 Å². The third kappa shape index (κ3) is 4.63. The van der Waals surface area contributed by atoms with Gasteiger partial charge in [-0.05, 0) is 42.4 Å². The molecule has 5 heteroatoms. The maximum Gasteiger partial charge on any atom is 0.223 e. The number of aromatic nitrogens is 1. The Hall–Kier alpha value is -1.91. The third-order valence-electron chi connectivity index (χ3n) is 5.57. The molecule has 0 saturated carbocycles. The van der Waals surface area contributed by atoms with E-state index in [4.69, 9.17) is 0 Å². The lowest BCUT2D eigenvalue weighted by Crippen LogP contribution is -2.55. The van der Waals surface area contributed by atoms with Crippen molar-refractivity contribution >= 4 is 11.8 Å². The van der Waals surface area contributed by atoms with Gasteiger partial charge in [-0.25, -0.2) is 0 Å². The van der Waals surface area contributed by atoms with Gasteiger partial charge in [0.05, 0.1) is 0 Å². The summed E-state index contributed by atoms with van der Waals surface area (Å²) in [7, 11) is 0. The van der Waals surface area contributed by atoms with Crippen molar-refractivity contribution in [3.63, 3.8) is 0 Å². The van der Waals surface area contributed by atoms with Crippen molar-refractivity contribution in [3.8, 4) is 0 Å². The fourth-order valence-electron chi connectivity index (χ4n) is 4.27. The van der Waals surface area contributed by atoms with Gasteiger partial charge in [-0.3, -0.25) is 14.6 Å². The van der Waals surface area contributed by atoms with Crippen molar-refractivity contribution in [1.29, 1.82) is 0 Å². The number of rotatable bonds is 3. The van der Waals surface area contributed by atoms with Crippen molar-refractivity contribution in [2.24, 2.45) is 10.8 Å². The average molecular weight is 357 g/mol. The van der Waals surface area contributed by atoms with Gasteiger partial charge in [-0.15, -0.1) is 0 Å². The van der Waals surface area contributed by atoms with Crippen molar-refractivity contribution in [2.75, 3.05) is 19.6 Å². The molecule has 1 aromatic heterocycles. The molecule has 26 heavy (non-hydrogen) atoms. The molecular formula is C21H31N3O2. The molecule has 1 spiro atoms. The summed E-state index contributed by atoms with van der Waals surface area (Å²) in [5, 5.41) is 0. The molecule has 0 unspecified atom stereocenters. The highest BCUT2D eigenvalue weighted by Crippen LogP contribution is 2.39. The van der Waals surface area contributed by atoms with E-state index in [2.05, 4.69) is 30.7 Å². The van der Waals surface area contributed by atoms with Crippen LogP contribution in [0.2, 0.25) is 0 Å². The first kappa shape index (κ1) is 18.9. The standard InChI is InChI=1S/C21H31N3O2/c1-20(2,3)13-19(26)23-12-4-8-21(15-23)9-5-18(25)24(16-21)14-17-6-10-22-11-7-17/h6-7,10-11H,4-5,8-9,12-16H2,1-3H3/t21-/m1/s1. The average Bonchev–Trinajstić information content (AvgIpc) is 2.58. The Morgan fingerprint density at radius 2 is 1.92 bits per heavy atom. The second kappa shape index (κ2) is 7.37. The Morgan fingerprint density at radius 1 is 1.19 bits per heavy atom. The zero-order chi connectivity index (χ0) is 18.8. The van der Waals surface area contributed by atoms with E-state index in [0.717, 1.165) is 44.5 Å².